The quantitative estimate of drug-likeness (QED) is 0.922. The molecule has 1 aliphatic rings. The Morgan fingerprint density at radius 2 is 2.24 bits per heavy atom. The highest BCUT2D eigenvalue weighted by atomic mass is 32.1. The molecule has 3 heterocycles. The Hall–Kier alpha value is -1.30. The Morgan fingerprint density at radius 3 is 2.95 bits per heavy atom. The van der Waals surface area contributed by atoms with Crippen molar-refractivity contribution in [1.29, 1.82) is 0 Å². The van der Waals surface area contributed by atoms with Crippen LogP contribution in [0.4, 0.5) is 0 Å². The highest BCUT2D eigenvalue weighted by Gasteiger charge is 2.24. The molecule has 2 aromatic heterocycles. The van der Waals surface area contributed by atoms with Gasteiger partial charge in [0.1, 0.15) is 5.01 Å². The molecule has 0 spiro atoms. The van der Waals surface area contributed by atoms with E-state index in [2.05, 4.69) is 33.6 Å². The monoisotopic (exact) mass is 302 g/mol. The third-order valence-electron chi connectivity index (χ3n) is 3.92. The van der Waals surface area contributed by atoms with Gasteiger partial charge < -0.3 is 5.32 Å². The molecule has 1 fully saturated rings. The number of thiazole rings is 1. The van der Waals surface area contributed by atoms with Crippen LogP contribution in [-0.4, -0.2) is 41.0 Å². The van der Waals surface area contributed by atoms with E-state index in [0.29, 0.717) is 6.04 Å². The predicted molar refractivity (Wildman–Crippen MR) is 87.4 cm³/mol. The molecule has 0 saturated carbocycles. The molecule has 21 heavy (non-hydrogen) atoms. The highest BCUT2D eigenvalue weighted by Crippen LogP contribution is 2.31. The molecule has 3 rings (SSSR count). The molecule has 4 nitrogen and oxygen atoms in total. The van der Waals surface area contributed by atoms with E-state index in [-0.39, 0.29) is 0 Å². The van der Waals surface area contributed by atoms with Gasteiger partial charge in [-0.05, 0) is 18.6 Å². The molecule has 0 bridgehead atoms. The summed E-state index contributed by atoms with van der Waals surface area (Å²) in [4.78, 5) is 11.7. The summed E-state index contributed by atoms with van der Waals surface area (Å²) < 4.78 is 0. The number of piperazine rings is 1. The highest BCUT2D eigenvalue weighted by molar-refractivity contribution is 7.10. The molecule has 0 aromatic carbocycles. The molecule has 112 valence electrons. The van der Waals surface area contributed by atoms with Gasteiger partial charge in [0.25, 0.3) is 0 Å². The van der Waals surface area contributed by atoms with Gasteiger partial charge in [0.05, 0.1) is 11.7 Å². The summed E-state index contributed by atoms with van der Waals surface area (Å²) in [6.45, 7) is 6.66. The molecule has 1 atom stereocenters. The Labute approximate surface area is 130 Å². The Kier molecular flexibility index (Phi) is 4.95. The van der Waals surface area contributed by atoms with Crippen molar-refractivity contribution in [3.8, 4) is 11.3 Å². The minimum Gasteiger partial charge on any atom is -0.314 e. The van der Waals surface area contributed by atoms with Crippen molar-refractivity contribution < 1.29 is 0 Å². The summed E-state index contributed by atoms with van der Waals surface area (Å²) >= 11 is 1.79. The zero-order chi connectivity index (χ0) is 14.5. The minimum absolute atomic E-state index is 0.465. The van der Waals surface area contributed by atoms with Crippen LogP contribution >= 0.6 is 11.3 Å². The van der Waals surface area contributed by atoms with Gasteiger partial charge in [0.15, 0.2) is 0 Å². The summed E-state index contributed by atoms with van der Waals surface area (Å²) in [5.41, 5.74) is 2.16. The van der Waals surface area contributed by atoms with Crippen LogP contribution in [0.5, 0.6) is 0 Å². The molecular weight excluding hydrogens is 280 g/mol. The van der Waals surface area contributed by atoms with E-state index < -0.39 is 0 Å². The maximum atomic E-state index is 4.89. The Morgan fingerprint density at radius 1 is 1.38 bits per heavy atom. The number of rotatable bonds is 5. The first-order valence-corrected chi connectivity index (χ1v) is 8.57. The molecule has 1 unspecified atom stereocenters. The first kappa shape index (κ1) is 14.6. The number of aromatic nitrogens is 2. The number of pyridine rings is 1. The van der Waals surface area contributed by atoms with Crippen molar-refractivity contribution in [3.05, 3.63) is 34.9 Å². The van der Waals surface area contributed by atoms with Crippen LogP contribution < -0.4 is 5.32 Å². The fourth-order valence-corrected chi connectivity index (χ4v) is 3.81. The summed E-state index contributed by atoms with van der Waals surface area (Å²) in [6.07, 6.45) is 6.06. The van der Waals surface area contributed by atoms with Gasteiger partial charge in [-0.1, -0.05) is 13.3 Å². The third kappa shape index (κ3) is 3.48. The van der Waals surface area contributed by atoms with Crippen LogP contribution in [0.3, 0.4) is 0 Å². The van der Waals surface area contributed by atoms with Crippen molar-refractivity contribution in [2.24, 2.45) is 0 Å². The fraction of sp³-hybridized carbons (Fsp3) is 0.500. The van der Waals surface area contributed by atoms with Crippen LogP contribution in [0.2, 0.25) is 0 Å². The number of hydrogen-bond donors (Lipinski definition) is 1. The SMILES string of the molecule is CCCC(c1nc(-c2cccnc2)cs1)N1CCNCC1. The van der Waals surface area contributed by atoms with Crippen molar-refractivity contribution in [1.82, 2.24) is 20.2 Å². The van der Waals surface area contributed by atoms with E-state index in [9.17, 15) is 0 Å². The normalized spacial score (nSPS) is 17.8. The molecule has 0 radical (unpaired) electrons. The van der Waals surface area contributed by atoms with Gasteiger partial charge in [0, 0.05) is 49.5 Å². The smallest absolute Gasteiger partial charge is 0.110 e. The number of nitrogens with zero attached hydrogens (tertiary/aromatic N) is 3. The molecule has 2 aromatic rings. The molecule has 5 heteroatoms. The third-order valence-corrected chi connectivity index (χ3v) is 4.86. The van der Waals surface area contributed by atoms with Crippen molar-refractivity contribution in [2.75, 3.05) is 26.2 Å². The van der Waals surface area contributed by atoms with E-state index in [1.807, 2.05) is 12.3 Å². The topological polar surface area (TPSA) is 41.1 Å². The first-order valence-electron chi connectivity index (χ1n) is 7.69. The van der Waals surface area contributed by atoms with Crippen molar-refractivity contribution >= 4 is 11.3 Å². The van der Waals surface area contributed by atoms with Gasteiger partial charge >= 0.3 is 0 Å². The van der Waals surface area contributed by atoms with Gasteiger partial charge in [-0.25, -0.2) is 4.98 Å². The largest absolute Gasteiger partial charge is 0.314 e. The average Bonchev–Trinajstić information content (AvgIpc) is 3.04. The predicted octanol–water partition coefficient (Wildman–Crippen LogP) is 2.95. The van der Waals surface area contributed by atoms with E-state index in [0.717, 1.165) is 37.4 Å². The summed E-state index contributed by atoms with van der Waals surface area (Å²) in [6, 6.07) is 4.51. The van der Waals surface area contributed by atoms with Crippen LogP contribution in [0.1, 0.15) is 30.8 Å². The zero-order valence-electron chi connectivity index (χ0n) is 12.5. The summed E-state index contributed by atoms with van der Waals surface area (Å²) in [5.74, 6) is 0. The van der Waals surface area contributed by atoms with E-state index in [1.165, 1.54) is 17.8 Å². The molecule has 0 amide bonds. The van der Waals surface area contributed by atoms with Crippen LogP contribution in [0.25, 0.3) is 11.3 Å². The maximum absolute atomic E-state index is 4.89. The summed E-state index contributed by atoms with van der Waals surface area (Å²) in [7, 11) is 0. The van der Waals surface area contributed by atoms with Crippen molar-refractivity contribution in [3.63, 3.8) is 0 Å². The molecule has 1 aliphatic heterocycles. The first-order chi connectivity index (χ1) is 10.4. The molecule has 1 N–H and O–H groups in total. The Balaban J connectivity index is 1.81. The lowest BCUT2D eigenvalue weighted by Crippen LogP contribution is -2.45. The second-order valence-electron chi connectivity index (χ2n) is 5.40. The van der Waals surface area contributed by atoms with E-state index in [1.54, 1.807) is 17.5 Å². The second kappa shape index (κ2) is 7.11. The van der Waals surface area contributed by atoms with Gasteiger partial charge in [-0.2, -0.15) is 0 Å². The van der Waals surface area contributed by atoms with Gasteiger partial charge in [-0.15, -0.1) is 11.3 Å². The Bertz CT molecular complexity index is 548. The zero-order valence-corrected chi connectivity index (χ0v) is 13.3. The second-order valence-corrected chi connectivity index (χ2v) is 6.29. The summed E-state index contributed by atoms with van der Waals surface area (Å²) in [5, 5.41) is 6.84. The van der Waals surface area contributed by atoms with Crippen LogP contribution in [-0.2, 0) is 0 Å². The molecule has 0 aliphatic carbocycles. The van der Waals surface area contributed by atoms with Crippen LogP contribution in [0.15, 0.2) is 29.9 Å². The standard InChI is InChI=1S/C16H22N4S/c1-2-4-15(20-9-7-17-8-10-20)16-19-14(12-21-16)13-5-3-6-18-11-13/h3,5-6,11-12,15,17H,2,4,7-10H2,1H3. The molecule has 1 saturated heterocycles. The number of hydrogen-bond acceptors (Lipinski definition) is 5. The fourth-order valence-electron chi connectivity index (χ4n) is 2.82. The van der Waals surface area contributed by atoms with Gasteiger partial charge in [-0.3, -0.25) is 9.88 Å². The maximum Gasteiger partial charge on any atom is 0.110 e. The lowest BCUT2D eigenvalue weighted by atomic mass is 10.1. The van der Waals surface area contributed by atoms with E-state index in [4.69, 9.17) is 4.98 Å². The van der Waals surface area contributed by atoms with Gasteiger partial charge in [0.2, 0.25) is 0 Å². The number of nitrogens with one attached hydrogen (secondary N) is 1. The minimum atomic E-state index is 0.465. The van der Waals surface area contributed by atoms with E-state index >= 15 is 0 Å². The molecular formula is C16H22N4S. The average molecular weight is 302 g/mol. The lowest BCUT2D eigenvalue weighted by molar-refractivity contribution is 0.164. The van der Waals surface area contributed by atoms with Crippen LogP contribution in [0, 0.1) is 0 Å². The lowest BCUT2D eigenvalue weighted by Gasteiger charge is -2.33. The van der Waals surface area contributed by atoms with Crippen molar-refractivity contribution in [2.45, 2.75) is 25.8 Å².